The van der Waals surface area contributed by atoms with Gasteiger partial charge in [0.1, 0.15) is 0 Å². The van der Waals surface area contributed by atoms with Gasteiger partial charge in [-0.2, -0.15) is 0 Å². The van der Waals surface area contributed by atoms with Crippen LogP contribution >= 0.6 is 39.1 Å². The number of aliphatic imine (C=N–C) groups is 1. The van der Waals surface area contributed by atoms with Crippen molar-refractivity contribution in [1.82, 2.24) is 0 Å². The molecule has 0 unspecified atom stereocenters. The van der Waals surface area contributed by atoms with E-state index in [1.165, 1.54) is 7.11 Å². The van der Waals surface area contributed by atoms with E-state index in [4.69, 9.17) is 37.4 Å². The molecule has 1 aliphatic rings. The summed E-state index contributed by atoms with van der Waals surface area (Å²) in [6, 6.07) is 8.36. The van der Waals surface area contributed by atoms with E-state index in [2.05, 4.69) is 20.9 Å². The maximum atomic E-state index is 12.2. The van der Waals surface area contributed by atoms with E-state index in [9.17, 15) is 4.79 Å². The van der Waals surface area contributed by atoms with Crippen LogP contribution in [0.3, 0.4) is 0 Å². The predicted octanol–water partition coefficient (Wildman–Crippen LogP) is 5.12. The van der Waals surface area contributed by atoms with E-state index in [1.807, 2.05) is 0 Å². The monoisotopic (exact) mass is 455 g/mol. The van der Waals surface area contributed by atoms with Crippen LogP contribution in [0.15, 0.2) is 45.5 Å². The lowest BCUT2D eigenvalue weighted by Gasteiger charge is -2.10. The minimum absolute atomic E-state index is 0.127. The van der Waals surface area contributed by atoms with Crippen molar-refractivity contribution in [2.24, 2.45) is 4.99 Å². The van der Waals surface area contributed by atoms with Crippen molar-refractivity contribution < 1.29 is 19.0 Å². The molecular formula is C18H12BrCl2NO4. The number of carbonyl (C=O) groups is 1. The number of cyclic esters (lactones) is 1. The van der Waals surface area contributed by atoms with Crippen LogP contribution in [0.1, 0.15) is 11.1 Å². The molecule has 8 heteroatoms. The third kappa shape index (κ3) is 3.72. The number of methoxy groups -OCH3 is 2. The zero-order chi connectivity index (χ0) is 18.8. The van der Waals surface area contributed by atoms with Gasteiger partial charge in [-0.15, -0.1) is 0 Å². The molecule has 0 fully saturated rings. The molecule has 0 radical (unpaired) electrons. The van der Waals surface area contributed by atoms with E-state index in [-0.39, 0.29) is 11.6 Å². The van der Waals surface area contributed by atoms with Crippen LogP contribution in [-0.4, -0.2) is 26.1 Å². The Morgan fingerprint density at radius 2 is 1.92 bits per heavy atom. The highest BCUT2D eigenvalue weighted by Crippen LogP contribution is 2.37. The first-order valence-corrected chi connectivity index (χ1v) is 8.87. The van der Waals surface area contributed by atoms with Gasteiger partial charge in [-0.3, -0.25) is 0 Å². The number of hydrogen-bond donors (Lipinski definition) is 0. The van der Waals surface area contributed by atoms with Crippen molar-refractivity contribution >= 4 is 57.1 Å². The number of hydrogen-bond acceptors (Lipinski definition) is 5. The van der Waals surface area contributed by atoms with Gasteiger partial charge in [-0.05, 0) is 57.9 Å². The molecule has 1 heterocycles. The molecule has 0 saturated carbocycles. The minimum atomic E-state index is -0.572. The molecule has 5 nitrogen and oxygen atoms in total. The van der Waals surface area contributed by atoms with Crippen molar-refractivity contribution in [3.05, 3.63) is 61.7 Å². The van der Waals surface area contributed by atoms with Gasteiger partial charge in [0.25, 0.3) is 0 Å². The molecule has 0 aliphatic carbocycles. The lowest BCUT2D eigenvalue weighted by Crippen LogP contribution is -2.05. The second kappa shape index (κ2) is 7.70. The Labute approximate surface area is 168 Å². The van der Waals surface area contributed by atoms with Gasteiger partial charge < -0.3 is 14.2 Å². The second-order valence-electron chi connectivity index (χ2n) is 5.20. The van der Waals surface area contributed by atoms with Crippen LogP contribution in [-0.2, 0) is 9.53 Å². The molecule has 0 spiro atoms. The first-order valence-electron chi connectivity index (χ1n) is 7.32. The number of benzene rings is 2. The molecule has 0 aromatic heterocycles. The summed E-state index contributed by atoms with van der Waals surface area (Å²) in [6.07, 6.45) is 1.59. The molecule has 0 bridgehead atoms. The number of nitrogens with zero attached hydrogens (tertiary/aromatic N) is 1. The lowest BCUT2D eigenvalue weighted by atomic mass is 10.1. The van der Waals surface area contributed by atoms with E-state index in [0.717, 1.165) is 0 Å². The van der Waals surface area contributed by atoms with E-state index >= 15 is 0 Å². The Morgan fingerprint density at radius 1 is 1.15 bits per heavy atom. The highest BCUT2D eigenvalue weighted by Gasteiger charge is 2.26. The largest absolute Gasteiger partial charge is 0.493 e. The molecule has 0 atom stereocenters. The highest BCUT2D eigenvalue weighted by atomic mass is 79.9. The molecule has 26 heavy (non-hydrogen) atoms. The van der Waals surface area contributed by atoms with Crippen LogP contribution in [0.5, 0.6) is 11.5 Å². The van der Waals surface area contributed by atoms with Crippen molar-refractivity contribution in [3.63, 3.8) is 0 Å². The molecule has 1 aliphatic heterocycles. The van der Waals surface area contributed by atoms with Gasteiger partial charge in [-0.25, -0.2) is 9.79 Å². The van der Waals surface area contributed by atoms with E-state index in [1.54, 1.807) is 43.5 Å². The number of rotatable bonds is 4. The average Bonchev–Trinajstić information content (AvgIpc) is 2.94. The molecule has 0 amide bonds. The third-order valence-corrected chi connectivity index (χ3v) is 4.68. The van der Waals surface area contributed by atoms with Crippen molar-refractivity contribution in [3.8, 4) is 11.5 Å². The predicted molar refractivity (Wildman–Crippen MR) is 104 cm³/mol. The molecule has 0 saturated heterocycles. The summed E-state index contributed by atoms with van der Waals surface area (Å²) in [5.41, 5.74) is 1.32. The first kappa shape index (κ1) is 18.8. The Morgan fingerprint density at radius 3 is 2.58 bits per heavy atom. The maximum absolute atomic E-state index is 12.2. The number of carbonyl (C=O) groups excluding carboxylic acids is 1. The zero-order valence-electron chi connectivity index (χ0n) is 13.7. The summed E-state index contributed by atoms with van der Waals surface area (Å²) in [6.45, 7) is 0. The third-order valence-electron chi connectivity index (χ3n) is 3.54. The Kier molecular flexibility index (Phi) is 5.55. The van der Waals surface area contributed by atoms with E-state index in [0.29, 0.717) is 37.1 Å². The molecule has 2 aromatic carbocycles. The van der Waals surface area contributed by atoms with Crippen LogP contribution in [0.4, 0.5) is 0 Å². The van der Waals surface area contributed by atoms with Gasteiger partial charge in [0.05, 0.1) is 29.3 Å². The summed E-state index contributed by atoms with van der Waals surface area (Å²) < 4.78 is 16.5. The van der Waals surface area contributed by atoms with Gasteiger partial charge in [0, 0.05) is 5.02 Å². The smallest absolute Gasteiger partial charge is 0.363 e. The van der Waals surface area contributed by atoms with Crippen molar-refractivity contribution in [1.29, 1.82) is 0 Å². The highest BCUT2D eigenvalue weighted by molar-refractivity contribution is 9.10. The number of halogens is 3. The van der Waals surface area contributed by atoms with Crippen molar-refractivity contribution in [2.75, 3.05) is 14.2 Å². The Bertz CT molecular complexity index is 956. The summed E-state index contributed by atoms with van der Waals surface area (Å²) in [5.74, 6) is 0.630. The second-order valence-corrected chi connectivity index (χ2v) is 6.90. The van der Waals surface area contributed by atoms with E-state index < -0.39 is 5.97 Å². The van der Waals surface area contributed by atoms with Gasteiger partial charge in [-0.1, -0.05) is 23.2 Å². The average molecular weight is 457 g/mol. The fourth-order valence-corrected chi connectivity index (χ4v) is 3.48. The number of ether oxygens (including phenoxy) is 3. The molecule has 0 N–H and O–H groups in total. The fraction of sp³-hybridized carbons (Fsp3) is 0.111. The van der Waals surface area contributed by atoms with Crippen LogP contribution in [0.25, 0.3) is 6.08 Å². The molecular weight excluding hydrogens is 445 g/mol. The fourth-order valence-electron chi connectivity index (χ4n) is 2.37. The standard InChI is InChI=1S/C18H12BrCl2NO4/c1-24-15-7-9(5-12(19)16(15)25-2)6-14-18(23)26-17(22-14)11-4-3-10(20)8-13(11)21/h3-8H,1-2H3/b14-6-. The first-order chi connectivity index (χ1) is 12.4. The van der Waals surface area contributed by atoms with Crippen LogP contribution < -0.4 is 9.47 Å². The summed E-state index contributed by atoms with van der Waals surface area (Å²) in [4.78, 5) is 16.4. The lowest BCUT2D eigenvalue weighted by molar-refractivity contribution is -0.129. The van der Waals surface area contributed by atoms with Gasteiger partial charge >= 0.3 is 5.97 Å². The summed E-state index contributed by atoms with van der Waals surface area (Å²) >= 11 is 15.4. The van der Waals surface area contributed by atoms with Gasteiger partial charge in [0.2, 0.25) is 5.90 Å². The summed E-state index contributed by atoms with van der Waals surface area (Å²) in [5, 5.41) is 0.828. The van der Waals surface area contributed by atoms with Crippen molar-refractivity contribution in [2.45, 2.75) is 0 Å². The Balaban J connectivity index is 2.00. The molecule has 3 rings (SSSR count). The zero-order valence-corrected chi connectivity index (χ0v) is 16.8. The molecule has 2 aromatic rings. The summed E-state index contributed by atoms with van der Waals surface area (Å²) in [7, 11) is 3.07. The van der Waals surface area contributed by atoms with Gasteiger partial charge in [0.15, 0.2) is 17.2 Å². The quantitative estimate of drug-likeness (QED) is 0.473. The normalized spacial score (nSPS) is 15.0. The van der Waals surface area contributed by atoms with Crippen LogP contribution in [0.2, 0.25) is 10.0 Å². The SMILES string of the molecule is COc1cc(/C=C2\N=C(c3ccc(Cl)cc3Cl)OC2=O)cc(Br)c1OC. The van der Waals surface area contributed by atoms with Crippen LogP contribution in [0, 0.1) is 0 Å². The Hall–Kier alpha value is -2.02. The topological polar surface area (TPSA) is 57.1 Å². The number of esters is 1. The minimum Gasteiger partial charge on any atom is -0.493 e. The molecule has 134 valence electrons. The maximum Gasteiger partial charge on any atom is 0.363 e.